The van der Waals surface area contributed by atoms with Crippen LogP contribution in [-0.2, 0) is 0 Å². The third-order valence-electron chi connectivity index (χ3n) is 5.44. The van der Waals surface area contributed by atoms with Crippen LogP contribution in [0.2, 0.25) is 0 Å². The van der Waals surface area contributed by atoms with Crippen molar-refractivity contribution in [2.75, 3.05) is 11.9 Å². The fourth-order valence-electron chi connectivity index (χ4n) is 3.94. The summed E-state index contributed by atoms with van der Waals surface area (Å²) in [5.41, 5.74) is 5.12. The van der Waals surface area contributed by atoms with E-state index < -0.39 is 0 Å². The number of benzene rings is 1. The van der Waals surface area contributed by atoms with Crippen LogP contribution >= 0.6 is 22.7 Å². The third-order valence-corrected chi connectivity index (χ3v) is 7.43. The Labute approximate surface area is 166 Å². The summed E-state index contributed by atoms with van der Waals surface area (Å²) >= 11 is 3.52. The fraction of sp³-hybridized carbons (Fsp3) is 0.333. The van der Waals surface area contributed by atoms with Gasteiger partial charge in [0.2, 0.25) is 0 Å². The average molecular weight is 395 g/mol. The highest BCUT2D eigenvalue weighted by molar-refractivity contribution is 7.18. The number of hydrogen-bond acceptors (Lipinski definition) is 6. The van der Waals surface area contributed by atoms with Gasteiger partial charge in [-0.2, -0.15) is 0 Å². The Kier molecular flexibility index (Phi) is 4.55. The van der Waals surface area contributed by atoms with Gasteiger partial charge >= 0.3 is 0 Å². The van der Waals surface area contributed by atoms with Crippen molar-refractivity contribution >= 4 is 54.5 Å². The summed E-state index contributed by atoms with van der Waals surface area (Å²) < 4.78 is 1.22. The lowest BCUT2D eigenvalue weighted by Crippen LogP contribution is -2.30. The number of aromatic nitrogens is 2. The minimum Gasteiger partial charge on any atom is -0.355 e. The lowest BCUT2D eigenvalue weighted by atomic mass is 9.94. The fourth-order valence-corrected chi connectivity index (χ4v) is 5.87. The second-order valence-corrected chi connectivity index (χ2v) is 9.18. The molecule has 1 fully saturated rings. The largest absolute Gasteiger partial charge is 0.355 e. The highest BCUT2D eigenvalue weighted by Crippen LogP contribution is 2.38. The van der Waals surface area contributed by atoms with Crippen LogP contribution < -0.4 is 10.6 Å². The lowest BCUT2D eigenvalue weighted by Gasteiger charge is -2.20. The van der Waals surface area contributed by atoms with E-state index in [4.69, 9.17) is 0 Å². The van der Waals surface area contributed by atoms with Crippen molar-refractivity contribution in [2.24, 2.45) is 0 Å². The van der Waals surface area contributed by atoms with Crippen molar-refractivity contribution in [1.82, 2.24) is 15.3 Å². The van der Waals surface area contributed by atoms with Crippen LogP contribution in [0, 0.1) is 0 Å². The topological polar surface area (TPSA) is 49.8 Å². The Bertz CT molecular complexity index is 1080. The summed E-state index contributed by atoms with van der Waals surface area (Å²) in [5.74, 6) is 0.575. The number of thiophene rings is 1. The summed E-state index contributed by atoms with van der Waals surface area (Å²) in [4.78, 5) is 11.6. The Morgan fingerprint density at radius 2 is 2.11 bits per heavy atom. The molecule has 2 atom stereocenters. The maximum Gasteiger partial charge on any atom is 0.125 e. The zero-order valence-electron chi connectivity index (χ0n) is 15.2. The van der Waals surface area contributed by atoms with E-state index in [1.807, 2.05) is 23.0 Å². The summed E-state index contributed by atoms with van der Waals surface area (Å²) in [5, 5.41) is 8.47. The first-order chi connectivity index (χ1) is 13.3. The molecule has 27 heavy (non-hydrogen) atoms. The van der Waals surface area contributed by atoms with E-state index in [0.29, 0.717) is 12.0 Å². The van der Waals surface area contributed by atoms with Gasteiger partial charge in [0.15, 0.2) is 0 Å². The smallest absolute Gasteiger partial charge is 0.125 e. The number of rotatable bonds is 3. The molecule has 5 rings (SSSR count). The molecule has 0 unspecified atom stereocenters. The zero-order valence-corrected chi connectivity index (χ0v) is 16.9. The van der Waals surface area contributed by atoms with Gasteiger partial charge in [-0.1, -0.05) is 6.42 Å². The zero-order chi connectivity index (χ0) is 18.2. The molecule has 4 nitrogen and oxygen atoms in total. The minimum atomic E-state index is 0.518. The Hall–Kier alpha value is -2.02. The number of thiazole rings is 1. The molecular formula is C21H22N4S2. The van der Waals surface area contributed by atoms with Crippen LogP contribution in [0.15, 0.2) is 42.0 Å². The Morgan fingerprint density at radius 1 is 1.15 bits per heavy atom. The molecule has 0 radical (unpaired) electrons. The van der Waals surface area contributed by atoms with Crippen LogP contribution in [0.1, 0.15) is 37.0 Å². The molecule has 1 aliphatic rings. The maximum atomic E-state index is 4.64. The van der Waals surface area contributed by atoms with E-state index in [1.165, 1.54) is 34.2 Å². The van der Waals surface area contributed by atoms with Crippen molar-refractivity contribution in [2.45, 2.75) is 38.1 Å². The molecule has 2 N–H and O–H groups in total. The molecule has 0 bridgehead atoms. The van der Waals surface area contributed by atoms with Gasteiger partial charge in [0.1, 0.15) is 4.83 Å². The van der Waals surface area contributed by atoms with Crippen molar-refractivity contribution in [3.05, 3.63) is 46.9 Å². The molecular weight excluding hydrogens is 372 g/mol. The van der Waals surface area contributed by atoms with Crippen LogP contribution in [0.5, 0.6) is 0 Å². The first-order valence-corrected chi connectivity index (χ1v) is 11.2. The van der Waals surface area contributed by atoms with Gasteiger partial charge in [0, 0.05) is 34.1 Å². The van der Waals surface area contributed by atoms with Gasteiger partial charge in [0.05, 0.1) is 21.4 Å². The monoisotopic (exact) mass is 394 g/mol. The van der Waals surface area contributed by atoms with Crippen LogP contribution in [-0.4, -0.2) is 22.6 Å². The normalized spacial score (nSPS) is 20.8. The standard InChI is InChI=1S/C21H22N4S2/c1-13-15(4-2-3-8-22-13)20-11-16-17(7-9-23-21(16)27-20)25-14-5-6-19-18(10-14)24-12-26-19/h5-7,9-13,15,22H,2-4,8H2,1H3,(H,23,25)/t13-,15+/m0/s1. The number of pyridine rings is 1. The quantitative estimate of drug-likeness (QED) is 0.454. The van der Waals surface area contributed by atoms with E-state index in [2.05, 4.69) is 57.9 Å². The van der Waals surface area contributed by atoms with Crippen LogP contribution in [0.25, 0.3) is 20.4 Å². The van der Waals surface area contributed by atoms with Crippen molar-refractivity contribution in [3.63, 3.8) is 0 Å². The molecule has 0 spiro atoms. The van der Waals surface area contributed by atoms with E-state index in [0.717, 1.165) is 28.3 Å². The number of nitrogens with zero attached hydrogens (tertiary/aromatic N) is 2. The molecule has 138 valence electrons. The van der Waals surface area contributed by atoms with Crippen molar-refractivity contribution in [1.29, 1.82) is 0 Å². The predicted octanol–water partition coefficient (Wildman–Crippen LogP) is 5.90. The first-order valence-electron chi connectivity index (χ1n) is 9.50. The van der Waals surface area contributed by atoms with Gasteiger partial charge in [-0.3, -0.25) is 0 Å². The molecule has 1 aliphatic heterocycles. The van der Waals surface area contributed by atoms with E-state index >= 15 is 0 Å². The van der Waals surface area contributed by atoms with Gasteiger partial charge in [-0.05, 0) is 56.6 Å². The summed E-state index contributed by atoms with van der Waals surface area (Å²) in [6.45, 7) is 3.45. The lowest BCUT2D eigenvalue weighted by molar-refractivity contribution is 0.488. The second-order valence-electron chi connectivity index (χ2n) is 7.23. The van der Waals surface area contributed by atoms with Crippen molar-refractivity contribution < 1.29 is 0 Å². The summed E-state index contributed by atoms with van der Waals surface area (Å²) in [6, 6.07) is 11.3. The third kappa shape index (κ3) is 3.33. The molecule has 0 amide bonds. The Balaban J connectivity index is 1.50. The predicted molar refractivity (Wildman–Crippen MR) is 117 cm³/mol. The Morgan fingerprint density at radius 3 is 3.07 bits per heavy atom. The average Bonchev–Trinajstić information content (AvgIpc) is 3.26. The van der Waals surface area contributed by atoms with E-state index in [-0.39, 0.29) is 0 Å². The number of nitrogens with one attached hydrogen (secondary N) is 2. The highest BCUT2D eigenvalue weighted by Gasteiger charge is 2.23. The molecule has 4 aromatic rings. The molecule has 4 heterocycles. The van der Waals surface area contributed by atoms with Crippen LogP contribution in [0.4, 0.5) is 11.4 Å². The first kappa shape index (κ1) is 17.1. The van der Waals surface area contributed by atoms with E-state index in [1.54, 1.807) is 11.3 Å². The SMILES string of the molecule is C[C@@H]1NCCCC[C@H]1c1cc2c(Nc3ccc4scnc4c3)ccnc2s1. The summed E-state index contributed by atoms with van der Waals surface area (Å²) in [7, 11) is 0. The maximum absolute atomic E-state index is 4.64. The number of anilines is 2. The molecule has 6 heteroatoms. The molecule has 1 aromatic carbocycles. The highest BCUT2D eigenvalue weighted by atomic mass is 32.1. The van der Waals surface area contributed by atoms with Gasteiger partial charge < -0.3 is 10.6 Å². The molecule has 3 aromatic heterocycles. The molecule has 0 saturated carbocycles. The van der Waals surface area contributed by atoms with Crippen molar-refractivity contribution in [3.8, 4) is 0 Å². The minimum absolute atomic E-state index is 0.518. The van der Waals surface area contributed by atoms with E-state index in [9.17, 15) is 0 Å². The van der Waals surface area contributed by atoms with Gasteiger partial charge in [-0.25, -0.2) is 9.97 Å². The van der Waals surface area contributed by atoms with Gasteiger partial charge in [0.25, 0.3) is 0 Å². The molecule has 0 aliphatic carbocycles. The van der Waals surface area contributed by atoms with Gasteiger partial charge in [-0.15, -0.1) is 22.7 Å². The second kappa shape index (κ2) is 7.19. The summed E-state index contributed by atoms with van der Waals surface area (Å²) in [6.07, 6.45) is 5.73. The number of fused-ring (bicyclic) bond motifs is 2. The number of hydrogen-bond donors (Lipinski definition) is 2. The van der Waals surface area contributed by atoms with Crippen LogP contribution in [0.3, 0.4) is 0 Å². The molecule has 1 saturated heterocycles.